The van der Waals surface area contributed by atoms with Crippen molar-refractivity contribution in [2.45, 2.75) is 9.96 Å². The Morgan fingerprint density at radius 3 is 2.45 bits per heavy atom. The molecule has 0 saturated carbocycles. The zero-order valence-corrected chi connectivity index (χ0v) is 14.2. The minimum Gasteiger partial charge on any atom is -0.370 e. The number of nitrogens with one attached hydrogen (secondary N) is 2. The molecule has 0 radical (unpaired) electrons. The van der Waals surface area contributed by atoms with Gasteiger partial charge in [-0.1, -0.05) is 65.1 Å². The molecular weight excluding hydrogens is 347 g/mol. The van der Waals surface area contributed by atoms with Crippen molar-refractivity contribution in [1.29, 1.82) is 0 Å². The van der Waals surface area contributed by atoms with E-state index < -0.39 is 9.96 Å². The zero-order chi connectivity index (χ0) is 16.0. The van der Waals surface area contributed by atoms with Crippen LogP contribution in [0.25, 0.3) is 6.08 Å². The van der Waals surface area contributed by atoms with Crippen LogP contribution in [0.3, 0.4) is 0 Å². The highest BCUT2D eigenvalue weighted by atomic mass is 35.6. The van der Waals surface area contributed by atoms with Gasteiger partial charge in [0, 0.05) is 6.08 Å². The van der Waals surface area contributed by atoms with Crippen LogP contribution in [0.5, 0.6) is 0 Å². The van der Waals surface area contributed by atoms with Gasteiger partial charge in [-0.3, -0.25) is 10.1 Å². The molecule has 1 aromatic rings. The quantitative estimate of drug-likeness (QED) is 0.627. The summed E-state index contributed by atoms with van der Waals surface area (Å²) in [7, 11) is 0. The molecule has 2 N–H and O–H groups in total. The first-order valence-corrected chi connectivity index (χ1v) is 8.13. The third kappa shape index (κ3) is 5.45. The van der Waals surface area contributed by atoms with Crippen LogP contribution in [0.2, 0.25) is 0 Å². The number of carbonyl (C=O) groups is 1. The summed E-state index contributed by atoms with van der Waals surface area (Å²) in [5, 5.41) is 2.78. The highest BCUT2D eigenvalue weighted by molar-refractivity contribution is 6.68. The maximum Gasteiger partial charge on any atom is 0.262 e. The van der Waals surface area contributed by atoms with Crippen molar-refractivity contribution in [3.8, 4) is 0 Å². The van der Waals surface area contributed by atoms with Crippen molar-refractivity contribution in [2.24, 2.45) is 0 Å². The van der Waals surface area contributed by atoms with Crippen LogP contribution in [0.15, 0.2) is 36.4 Å². The van der Waals surface area contributed by atoms with Crippen molar-refractivity contribution in [2.75, 3.05) is 26.3 Å². The highest BCUT2D eigenvalue weighted by Gasteiger charge is 2.42. The van der Waals surface area contributed by atoms with Gasteiger partial charge in [-0.2, -0.15) is 0 Å². The first-order valence-electron chi connectivity index (χ1n) is 6.99. The predicted octanol–water partition coefficient (Wildman–Crippen LogP) is 1.43. The smallest absolute Gasteiger partial charge is 0.262 e. The van der Waals surface area contributed by atoms with Gasteiger partial charge < -0.3 is 9.64 Å². The molecule has 0 bridgehead atoms. The molecule has 1 saturated heterocycles. The molecule has 1 aliphatic rings. The van der Waals surface area contributed by atoms with E-state index in [0.29, 0.717) is 26.3 Å². The molecule has 0 aromatic heterocycles. The van der Waals surface area contributed by atoms with Crippen LogP contribution >= 0.6 is 34.8 Å². The van der Waals surface area contributed by atoms with Gasteiger partial charge in [0.15, 0.2) is 0 Å². The number of ether oxygens (including phenoxy) is 1. The average molecular weight is 365 g/mol. The van der Waals surface area contributed by atoms with E-state index in [1.807, 2.05) is 30.3 Å². The lowest BCUT2D eigenvalue weighted by Gasteiger charge is -2.34. The molecule has 1 amide bonds. The fourth-order valence-corrected chi connectivity index (χ4v) is 2.89. The van der Waals surface area contributed by atoms with E-state index in [0.717, 1.165) is 10.5 Å². The number of rotatable bonds is 4. The molecule has 1 fully saturated rings. The Hall–Kier alpha value is -0.780. The third-order valence-corrected chi connectivity index (χ3v) is 4.04. The minimum atomic E-state index is -1.58. The Morgan fingerprint density at radius 2 is 1.86 bits per heavy atom. The van der Waals surface area contributed by atoms with Crippen molar-refractivity contribution in [3.63, 3.8) is 0 Å². The Kier molecular flexibility index (Phi) is 6.53. The second kappa shape index (κ2) is 8.18. The molecular formula is C15H18Cl3N2O2+. The van der Waals surface area contributed by atoms with Gasteiger partial charge in [0.25, 0.3) is 3.79 Å². The zero-order valence-electron chi connectivity index (χ0n) is 11.9. The SMILES string of the molecule is O=C(/C=C\c1ccccc1)N[C@@H]([NH+]1CCOCC1)C(Cl)(Cl)Cl. The van der Waals surface area contributed by atoms with E-state index in [1.165, 1.54) is 6.08 Å². The molecule has 7 heteroatoms. The largest absolute Gasteiger partial charge is 0.370 e. The van der Waals surface area contributed by atoms with Crippen LogP contribution in [-0.2, 0) is 9.53 Å². The summed E-state index contributed by atoms with van der Waals surface area (Å²) in [6, 6.07) is 9.53. The monoisotopic (exact) mass is 363 g/mol. The van der Waals surface area contributed by atoms with E-state index in [2.05, 4.69) is 5.32 Å². The van der Waals surface area contributed by atoms with Gasteiger partial charge in [0.1, 0.15) is 13.1 Å². The second-order valence-electron chi connectivity index (χ2n) is 5.00. The van der Waals surface area contributed by atoms with Crippen LogP contribution in [0.4, 0.5) is 0 Å². The maximum absolute atomic E-state index is 12.1. The topological polar surface area (TPSA) is 42.8 Å². The Morgan fingerprint density at radius 1 is 1.23 bits per heavy atom. The molecule has 1 atom stereocenters. The fourth-order valence-electron chi connectivity index (χ4n) is 2.26. The average Bonchev–Trinajstić information content (AvgIpc) is 2.51. The lowest BCUT2D eigenvalue weighted by Crippen LogP contribution is -3.21. The van der Waals surface area contributed by atoms with Gasteiger partial charge in [-0.25, -0.2) is 0 Å². The molecule has 0 spiro atoms. The molecule has 1 heterocycles. The number of alkyl halides is 3. The van der Waals surface area contributed by atoms with E-state index >= 15 is 0 Å². The second-order valence-corrected chi connectivity index (χ2v) is 7.37. The van der Waals surface area contributed by atoms with E-state index in [4.69, 9.17) is 39.5 Å². The van der Waals surface area contributed by atoms with E-state index in [1.54, 1.807) is 6.08 Å². The van der Waals surface area contributed by atoms with Gasteiger partial charge in [0.05, 0.1) is 13.2 Å². The number of amides is 1. The number of morpholine rings is 1. The number of hydrogen-bond donors (Lipinski definition) is 2. The van der Waals surface area contributed by atoms with Gasteiger partial charge in [0.2, 0.25) is 12.1 Å². The van der Waals surface area contributed by atoms with E-state index in [9.17, 15) is 4.79 Å². The Balaban J connectivity index is 2.00. The van der Waals surface area contributed by atoms with Gasteiger partial charge in [-0.15, -0.1) is 0 Å². The maximum atomic E-state index is 12.1. The standard InChI is InChI=1S/C15H17Cl3N2O2/c16-15(17,18)14(20-8-10-22-11-9-20)19-13(21)7-6-12-4-2-1-3-5-12/h1-7,14H,8-11H2,(H,19,21)/p+1/b7-6-/t14-/m0/s1. The normalized spacial score (nSPS) is 18.3. The minimum absolute atomic E-state index is 0.292. The molecule has 4 nitrogen and oxygen atoms in total. The summed E-state index contributed by atoms with van der Waals surface area (Å²) >= 11 is 18.1. The number of benzene rings is 1. The highest BCUT2D eigenvalue weighted by Crippen LogP contribution is 2.27. The van der Waals surface area contributed by atoms with Crippen molar-refractivity contribution in [1.82, 2.24) is 5.32 Å². The molecule has 2 rings (SSSR count). The number of halogens is 3. The summed E-state index contributed by atoms with van der Waals surface area (Å²) in [6.07, 6.45) is 2.55. The molecule has 0 aliphatic carbocycles. The third-order valence-electron chi connectivity index (χ3n) is 3.38. The van der Waals surface area contributed by atoms with Crippen LogP contribution in [0.1, 0.15) is 5.56 Å². The van der Waals surface area contributed by atoms with Gasteiger partial charge in [-0.05, 0) is 11.6 Å². The first kappa shape index (κ1) is 17.6. The molecule has 0 unspecified atom stereocenters. The van der Waals surface area contributed by atoms with Crippen molar-refractivity contribution < 1.29 is 14.4 Å². The van der Waals surface area contributed by atoms with Crippen LogP contribution < -0.4 is 10.2 Å². The lowest BCUT2D eigenvalue weighted by molar-refractivity contribution is -0.934. The first-order chi connectivity index (χ1) is 10.5. The molecule has 1 aliphatic heterocycles. The summed E-state index contributed by atoms with van der Waals surface area (Å²) in [4.78, 5) is 13.1. The number of quaternary nitrogens is 1. The number of hydrogen-bond acceptors (Lipinski definition) is 2. The Labute approximate surface area is 145 Å². The number of carbonyl (C=O) groups excluding carboxylic acids is 1. The molecule has 1 aromatic carbocycles. The summed E-state index contributed by atoms with van der Waals surface area (Å²) in [5.74, 6) is -0.292. The fraction of sp³-hybridized carbons (Fsp3) is 0.400. The van der Waals surface area contributed by atoms with Crippen molar-refractivity contribution >= 4 is 46.8 Å². The van der Waals surface area contributed by atoms with Gasteiger partial charge >= 0.3 is 0 Å². The predicted molar refractivity (Wildman–Crippen MR) is 89.2 cm³/mol. The van der Waals surface area contributed by atoms with Crippen molar-refractivity contribution in [3.05, 3.63) is 42.0 Å². The summed E-state index contributed by atoms with van der Waals surface area (Å²) < 4.78 is 3.72. The molecule has 120 valence electrons. The van der Waals surface area contributed by atoms with E-state index in [-0.39, 0.29) is 5.91 Å². The Bertz CT molecular complexity index is 511. The molecule has 22 heavy (non-hydrogen) atoms. The summed E-state index contributed by atoms with van der Waals surface area (Å²) in [6.45, 7) is 2.53. The van der Waals surface area contributed by atoms with Crippen LogP contribution in [-0.4, -0.2) is 42.2 Å². The lowest BCUT2D eigenvalue weighted by atomic mass is 10.2. The van der Waals surface area contributed by atoms with Crippen LogP contribution in [0, 0.1) is 0 Å². The summed E-state index contributed by atoms with van der Waals surface area (Å²) in [5.41, 5.74) is 0.932.